The predicted molar refractivity (Wildman–Crippen MR) is 88.4 cm³/mol. The number of fused-ring (bicyclic) bond motifs is 1. The Balaban J connectivity index is 1.83. The summed E-state index contributed by atoms with van der Waals surface area (Å²) in [5, 5.41) is 13.3. The molecule has 2 aliphatic heterocycles. The quantitative estimate of drug-likeness (QED) is 0.623. The number of nitrogens with zero attached hydrogens (tertiary/aromatic N) is 1. The molecule has 0 unspecified atom stereocenters. The number of carbonyl (C=O) groups excluding carboxylic acids is 1. The molecule has 1 atom stereocenters. The summed E-state index contributed by atoms with van der Waals surface area (Å²) in [7, 11) is -4.21. The van der Waals surface area contributed by atoms with E-state index in [1.54, 1.807) is 4.72 Å². The summed E-state index contributed by atoms with van der Waals surface area (Å²) in [5.74, 6) is -2.06. The van der Waals surface area contributed by atoms with Crippen molar-refractivity contribution < 1.29 is 27.4 Å². The lowest BCUT2D eigenvalue weighted by Crippen LogP contribution is -2.31. The summed E-state index contributed by atoms with van der Waals surface area (Å²) >= 11 is 0. The van der Waals surface area contributed by atoms with E-state index >= 15 is 0 Å². The second-order valence-electron chi connectivity index (χ2n) is 6.07. The highest BCUT2D eigenvalue weighted by molar-refractivity contribution is 7.92. The van der Waals surface area contributed by atoms with Gasteiger partial charge in [-0.1, -0.05) is 13.3 Å². The number of hydrogen-bond acceptors (Lipinski definition) is 6. The Morgan fingerprint density at radius 1 is 1.52 bits per heavy atom. The number of phenolic OH excluding ortho intramolecular Hbond substituents is 1. The zero-order valence-electron chi connectivity index (χ0n) is 13.7. The van der Waals surface area contributed by atoms with Crippen molar-refractivity contribution in [2.75, 3.05) is 23.9 Å². The summed E-state index contributed by atoms with van der Waals surface area (Å²) < 4.78 is 46.6. The highest BCUT2D eigenvalue weighted by Gasteiger charge is 2.40. The monoisotopic (exact) mass is 373 g/mol. The number of phenols is 1. The van der Waals surface area contributed by atoms with Crippen LogP contribution in [0.4, 0.5) is 10.1 Å². The van der Waals surface area contributed by atoms with Crippen LogP contribution in [0.3, 0.4) is 0 Å². The highest BCUT2D eigenvalue weighted by atomic mass is 32.2. The van der Waals surface area contributed by atoms with Crippen molar-refractivity contribution in [1.82, 2.24) is 10.0 Å². The average molecular weight is 373 g/mol. The van der Waals surface area contributed by atoms with Crippen molar-refractivity contribution in [3.63, 3.8) is 0 Å². The molecule has 1 amide bonds. The molecule has 2 heterocycles. The SMILES string of the molecule is CCCCNC[C@H]1Cc2c(cc(O)c(N3CC(=O)NS3(=O)=O)c2F)O1. The smallest absolute Gasteiger partial charge is 0.326 e. The molecule has 2 aliphatic rings. The van der Waals surface area contributed by atoms with Crippen molar-refractivity contribution in [2.45, 2.75) is 32.3 Å². The van der Waals surface area contributed by atoms with Gasteiger partial charge in [-0.15, -0.1) is 0 Å². The minimum absolute atomic E-state index is 0.192. The molecule has 0 aromatic heterocycles. The summed E-state index contributed by atoms with van der Waals surface area (Å²) in [5.41, 5.74) is -0.329. The first-order chi connectivity index (χ1) is 11.8. The first-order valence-electron chi connectivity index (χ1n) is 8.08. The van der Waals surface area contributed by atoms with Gasteiger partial charge in [0.1, 0.15) is 29.8 Å². The number of carbonyl (C=O) groups is 1. The molecule has 0 spiro atoms. The standard InChI is InChI=1S/C15H20FN3O5S/c1-2-3-4-17-7-9-5-10-12(24-9)6-11(20)15(14(10)16)19-8-13(21)18-25(19,22)23/h6,9,17,20H,2-5,7-8H2,1H3,(H,18,21)/t9-/m1/s1. The second kappa shape index (κ2) is 6.68. The van der Waals surface area contributed by atoms with Crippen molar-refractivity contribution in [2.24, 2.45) is 0 Å². The number of amides is 1. The molecule has 0 radical (unpaired) electrons. The minimum Gasteiger partial charge on any atom is -0.505 e. The lowest BCUT2D eigenvalue weighted by molar-refractivity contribution is -0.117. The van der Waals surface area contributed by atoms with E-state index in [2.05, 4.69) is 12.2 Å². The molecule has 1 fully saturated rings. The van der Waals surface area contributed by atoms with Gasteiger partial charge in [0.15, 0.2) is 5.82 Å². The molecule has 8 nitrogen and oxygen atoms in total. The molecule has 0 saturated carbocycles. The van der Waals surface area contributed by atoms with Gasteiger partial charge in [-0.2, -0.15) is 8.42 Å². The topological polar surface area (TPSA) is 108 Å². The molecule has 0 aliphatic carbocycles. The minimum atomic E-state index is -4.21. The fraction of sp³-hybridized carbons (Fsp3) is 0.533. The van der Waals surface area contributed by atoms with E-state index in [1.807, 2.05) is 0 Å². The van der Waals surface area contributed by atoms with Crippen LogP contribution < -0.4 is 19.1 Å². The summed E-state index contributed by atoms with van der Waals surface area (Å²) in [6.45, 7) is 2.85. The van der Waals surface area contributed by atoms with Crippen LogP contribution in [0, 0.1) is 5.82 Å². The van der Waals surface area contributed by atoms with Crippen LogP contribution in [0.15, 0.2) is 6.07 Å². The third kappa shape index (κ3) is 3.36. The molecule has 0 bridgehead atoms. The Kier molecular flexibility index (Phi) is 4.74. The van der Waals surface area contributed by atoms with E-state index in [-0.39, 0.29) is 23.8 Å². The number of halogens is 1. The van der Waals surface area contributed by atoms with Gasteiger partial charge in [0, 0.05) is 24.6 Å². The Morgan fingerprint density at radius 2 is 2.28 bits per heavy atom. The van der Waals surface area contributed by atoms with Crippen LogP contribution >= 0.6 is 0 Å². The summed E-state index contributed by atoms with van der Waals surface area (Å²) in [6, 6.07) is 1.19. The van der Waals surface area contributed by atoms with Gasteiger partial charge in [-0.05, 0) is 13.0 Å². The van der Waals surface area contributed by atoms with Crippen LogP contribution in [-0.4, -0.2) is 45.2 Å². The largest absolute Gasteiger partial charge is 0.505 e. The van der Waals surface area contributed by atoms with Crippen molar-refractivity contribution >= 4 is 21.8 Å². The number of benzene rings is 1. The Hall–Kier alpha value is -2.07. The number of ether oxygens (including phenoxy) is 1. The number of anilines is 1. The maximum Gasteiger partial charge on any atom is 0.326 e. The molecule has 3 N–H and O–H groups in total. The third-order valence-corrected chi connectivity index (χ3v) is 5.53. The molecular weight excluding hydrogens is 353 g/mol. The molecule has 3 rings (SSSR count). The van der Waals surface area contributed by atoms with E-state index in [4.69, 9.17) is 4.74 Å². The van der Waals surface area contributed by atoms with Crippen LogP contribution in [0.5, 0.6) is 11.5 Å². The Morgan fingerprint density at radius 3 is 2.92 bits per heavy atom. The predicted octanol–water partition coefficient (Wildman–Crippen LogP) is 0.406. The van der Waals surface area contributed by atoms with Gasteiger partial charge in [0.2, 0.25) is 0 Å². The maximum atomic E-state index is 14.9. The fourth-order valence-corrected chi connectivity index (χ4v) is 4.11. The number of aromatic hydroxyl groups is 1. The van der Waals surface area contributed by atoms with Gasteiger partial charge in [-0.3, -0.25) is 4.79 Å². The van der Waals surface area contributed by atoms with Crippen molar-refractivity contribution in [3.05, 3.63) is 17.4 Å². The third-order valence-electron chi connectivity index (χ3n) is 4.15. The second-order valence-corrected chi connectivity index (χ2v) is 7.67. The average Bonchev–Trinajstić information content (AvgIpc) is 3.04. The maximum absolute atomic E-state index is 14.9. The van der Waals surface area contributed by atoms with Crippen LogP contribution in [0.25, 0.3) is 0 Å². The van der Waals surface area contributed by atoms with Crippen molar-refractivity contribution in [3.8, 4) is 11.5 Å². The van der Waals surface area contributed by atoms with Gasteiger partial charge >= 0.3 is 10.2 Å². The van der Waals surface area contributed by atoms with E-state index in [0.29, 0.717) is 10.8 Å². The first kappa shape index (κ1) is 17.7. The molecule has 138 valence electrons. The van der Waals surface area contributed by atoms with Gasteiger partial charge in [0.25, 0.3) is 5.91 Å². The van der Waals surface area contributed by atoms with Crippen LogP contribution in [0.2, 0.25) is 0 Å². The highest BCUT2D eigenvalue weighted by Crippen LogP contribution is 2.43. The zero-order valence-corrected chi connectivity index (χ0v) is 14.5. The number of nitrogens with one attached hydrogen (secondary N) is 2. The number of rotatable bonds is 6. The lowest BCUT2D eigenvalue weighted by atomic mass is 10.1. The Labute approximate surface area is 145 Å². The number of unbranched alkanes of at least 4 members (excludes halogenated alkanes) is 1. The molecule has 1 aromatic carbocycles. The summed E-state index contributed by atoms with van der Waals surface area (Å²) in [6.07, 6.45) is 2.03. The number of hydrogen-bond donors (Lipinski definition) is 3. The Bertz CT molecular complexity index is 799. The molecular formula is C15H20FN3O5S. The van der Waals surface area contributed by atoms with E-state index in [0.717, 1.165) is 19.4 Å². The fourth-order valence-electron chi connectivity index (χ4n) is 2.95. The lowest BCUT2D eigenvalue weighted by Gasteiger charge is -2.18. The normalized spacial score (nSPS) is 21.1. The van der Waals surface area contributed by atoms with Crippen LogP contribution in [0.1, 0.15) is 25.3 Å². The molecule has 1 aromatic rings. The van der Waals surface area contributed by atoms with Crippen molar-refractivity contribution in [1.29, 1.82) is 0 Å². The first-order valence-corrected chi connectivity index (χ1v) is 9.52. The summed E-state index contributed by atoms with van der Waals surface area (Å²) in [4.78, 5) is 11.4. The molecule has 10 heteroatoms. The van der Waals surface area contributed by atoms with Gasteiger partial charge < -0.3 is 15.2 Å². The molecule has 1 saturated heterocycles. The van der Waals surface area contributed by atoms with E-state index in [1.165, 1.54) is 6.07 Å². The van der Waals surface area contributed by atoms with E-state index in [9.17, 15) is 22.7 Å². The van der Waals surface area contributed by atoms with Gasteiger partial charge in [-0.25, -0.2) is 13.4 Å². The molecule has 25 heavy (non-hydrogen) atoms. The van der Waals surface area contributed by atoms with Crippen LogP contribution in [-0.2, 0) is 21.4 Å². The zero-order chi connectivity index (χ0) is 18.2. The van der Waals surface area contributed by atoms with E-state index < -0.39 is 39.9 Å². The van der Waals surface area contributed by atoms with Gasteiger partial charge in [0.05, 0.1) is 0 Å².